The average Bonchev–Trinajstić information content (AvgIpc) is 2.98. The first-order chi connectivity index (χ1) is 10.6. The molecule has 0 aliphatic heterocycles. The Morgan fingerprint density at radius 1 is 1.23 bits per heavy atom. The lowest BCUT2D eigenvalue weighted by Gasteiger charge is -2.12. The molecule has 22 heavy (non-hydrogen) atoms. The van der Waals surface area contributed by atoms with Crippen LogP contribution in [0.5, 0.6) is 0 Å². The number of carbonyl (C=O) groups is 1. The highest BCUT2D eigenvalue weighted by Gasteiger charge is 2.20. The van der Waals surface area contributed by atoms with Crippen LogP contribution in [0.1, 0.15) is 28.4 Å². The number of aryl methyl sites for hydroxylation is 2. The van der Waals surface area contributed by atoms with E-state index in [0.29, 0.717) is 0 Å². The number of hydrogen-bond acceptors (Lipinski definition) is 5. The van der Waals surface area contributed by atoms with Crippen molar-refractivity contribution in [1.29, 1.82) is 0 Å². The minimum atomic E-state index is -0.182. The molecule has 0 amide bonds. The number of nitrogens with zero attached hydrogens (tertiary/aromatic N) is 2. The minimum absolute atomic E-state index is 0.146. The molecular weight excluding hydrogens is 312 g/mol. The van der Waals surface area contributed by atoms with Crippen LogP contribution >= 0.6 is 23.1 Å². The monoisotopic (exact) mass is 328 g/mol. The number of fused-ring (bicyclic) bond motifs is 1. The molecule has 3 rings (SSSR count). The summed E-state index contributed by atoms with van der Waals surface area (Å²) >= 11 is 3.09. The first-order valence-electron chi connectivity index (χ1n) is 7.02. The number of thiophene rings is 1. The second-order valence-electron chi connectivity index (χ2n) is 5.26. The minimum Gasteiger partial charge on any atom is -0.293 e. The van der Waals surface area contributed by atoms with Crippen LogP contribution in [0, 0.1) is 13.8 Å². The molecule has 0 fully saturated rings. The summed E-state index contributed by atoms with van der Waals surface area (Å²) < 4.78 is 0. The van der Waals surface area contributed by atoms with Crippen molar-refractivity contribution >= 4 is 39.1 Å². The molecule has 112 valence electrons. The van der Waals surface area contributed by atoms with Crippen LogP contribution in [-0.2, 0) is 0 Å². The first kappa shape index (κ1) is 15.2. The fourth-order valence-electron chi connectivity index (χ4n) is 2.30. The molecule has 0 aliphatic carbocycles. The molecule has 0 saturated heterocycles. The number of Topliss-reactive ketones (excluding diaryl/α,β-unsaturated/α-hetero) is 1. The molecule has 0 aliphatic rings. The van der Waals surface area contributed by atoms with Crippen LogP contribution in [0.3, 0.4) is 0 Å². The van der Waals surface area contributed by atoms with Gasteiger partial charge >= 0.3 is 0 Å². The topological polar surface area (TPSA) is 42.9 Å². The van der Waals surface area contributed by atoms with Gasteiger partial charge in [0.2, 0.25) is 0 Å². The van der Waals surface area contributed by atoms with Crippen molar-refractivity contribution in [2.75, 3.05) is 0 Å². The Balaban J connectivity index is 1.88. The van der Waals surface area contributed by atoms with E-state index in [9.17, 15) is 4.79 Å². The molecule has 1 aromatic carbocycles. The lowest BCUT2D eigenvalue weighted by Crippen LogP contribution is -2.15. The van der Waals surface area contributed by atoms with E-state index in [-0.39, 0.29) is 11.0 Å². The normalized spacial score (nSPS) is 12.5. The highest BCUT2D eigenvalue weighted by atomic mass is 32.2. The number of hydrogen-bond donors (Lipinski definition) is 0. The van der Waals surface area contributed by atoms with Crippen LogP contribution in [0.2, 0.25) is 0 Å². The van der Waals surface area contributed by atoms with Gasteiger partial charge in [-0.05, 0) is 43.8 Å². The molecule has 0 unspecified atom stereocenters. The molecule has 0 saturated carbocycles. The van der Waals surface area contributed by atoms with Gasteiger partial charge in [0.05, 0.1) is 5.25 Å². The van der Waals surface area contributed by atoms with E-state index in [1.54, 1.807) is 17.7 Å². The maximum atomic E-state index is 12.7. The zero-order chi connectivity index (χ0) is 15.7. The lowest BCUT2D eigenvalue weighted by atomic mass is 10.0. The Hall–Kier alpha value is -1.72. The Kier molecular flexibility index (Phi) is 4.27. The molecule has 3 nitrogen and oxygen atoms in total. The Bertz CT molecular complexity index is 842. The van der Waals surface area contributed by atoms with Gasteiger partial charge in [-0.15, -0.1) is 11.3 Å². The van der Waals surface area contributed by atoms with Gasteiger partial charge < -0.3 is 0 Å². The van der Waals surface area contributed by atoms with Gasteiger partial charge in [0.25, 0.3) is 0 Å². The van der Waals surface area contributed by atoms with E-state index in [4.69, 9.17) is 0 Å². The Labute approximate surface area is 137 Å². The number of carbonyl (C=O) groups excluding carboxylic acids is 1. The number of aromatic nitrogens is 2. The van der Waals surface area contributed by atoms with Crippen molar-refractivity contribution in [3.63, 3.8) is 0 Å². The third kappa shape index (κ3) is 2.91. The quantitative estimate of drug-likeness (QED) is 0.396. The summed E-state index contributed by atoms with van der Waals surface area (Å²) in [6.45, 7) is 5.92. The maximum Gasteiger partial charge on any atom is 0.176 e. The van der Waals surface area contributed by atoms with E-state index in [2.05, 4.69) is 9.97 Å². The van der Waals surface area contributed by atoms with Crippen molar-refractivity contribution in [3.05, 3.63) is 52.7 Å². The number of benzene rings is 1. The van der Waals surface area contributed by atoms with Gasteiger partial charge in [-0.3, -0.25) is 4.79 Å². The van der Waals surface area contributed by atoms with E-state index < -0.39 is 0 Å². The van der Waals surface area contributed by atoms with Crippen LogP contribution < -0.4 is 0 Å². The van der Waals surface area contributed by atoms with E-state index in [1.165, 1.54) is 11.8 Å². The van der Waals surface area contributed by atoms with Gasteiger partial charge in [0, 0.05) is 10.9 Å². The van der Waals surface area contributed by atoms with Crippen LogP contribution in [-0.4, -0.2) is 21.0 Å². The summed E-state index contributed by atoms with van der Waals surface area (Å²) in [5.41, 5.74) is 2.93. The second kappa shape index (κ2) is 6.18. The highest BCUT2D eigenvalue weighted by Crippen LogP contribution is 2.31. The van der Waals surface area contributed by atoms with Gasteiger partial charge in [0.1, 0.15) is 16.2 Å². The predicted molar refractivity (Wildman–Crippen MR) is 93.0 cm³/mol. The molecule has 2 heterocycles. The summed E-state index contributed by atoms with van der Waals surface area (Å²) in [4.78, 5) is 22.3. The third-order valence-corrected chi connectivity index (χ3v) is 5.48. The van der Waals surface area contributed by atoms with E-state index >= 15 is 0 Å². The molecular formula is C17H16N2OS2. The fourth-order valence-corrected chi connectivity index (χ4v) is 4.07. The van der Waals surface area contributed by atoms with Crippen molar-refractivity contribution in [2.45, 2.75) is 31.0 Å². The maximum absolute atomic E-state index is 12.7. The zero-order valence-corrected chi connectivity index (χ0v) is 14.3. The first-order valence-corrected chi connectivity index (χ1v) is 8.78. The number of rotatable bonds is 4. The largest absolute Gasteiger partial charge is 0.293 e. The Morgan fingerprint density at radius 2 is 2.05 bits per heavy atom. The van der Waals surface area contributed by atoms with Gasteiger partial charge in [-0.1, -0.05) is 29.5 Å². The standard InChI is InChI=1S/C17H16N2OS2/c1-10-4-5-11(2)14(8-10)15(20)12(3)22-17-13-6-7-21-16(13)18-9-19-17/h4-9,12H,1-3H3/t12-/m1/s1. The summed E-state index contributed by atoms with van der Waals surface area (Å²) in [6, 6.07) is 8.01. The Morgan fingerprint density at radius 3 is 2.86 bits per heavy atom. The van der Waals surface area contributed by atoms with Crippen molar-refractivity contribution in [1.82, 2.24) is 9.97 Å². The third-order valence-electron chi connectivity index (χ3n) is 3.54. The zero-order valence-electron chi connectivity index (χ0n) is 12.7. The summed E-state index contributed by atoms with van der Waals surface area (Å²) in [6.07, 6.45) is 1.57. The van der Waals surface area contributed by atoms with Gasteiger partial charge in [-0.25, -0.2) is 9.97 Å². The van der Waals surface area contributed by atoms with Crippen molar-refractivity contribution in [3.8, 4) is 0 Å². The SMILES string of the molecule is Cc1ccc(C)c(C(=O)[C@@H](C)Sc2ncnc3sccc23)c1. The van der Waals surface area contributed by atoms with Gasteiger partial charge in [-0.2, -0.15) is 0 Å². The lowest BCUT2D eigenvalue weighted by molar-refractivity contribution is 0.0993. The summed E-state index contributed by atoms with van der Waals surface area (Å²) in [7, 11) is 0. The molecule has 0 bridgehead atoms. The number of thioether (sulfide) groups is 1. The molecule has 0 spiro atoms. The molecule has 3 aromatic rings. The van der Waals surface area contributed by atoms with Crippen LogP contribution in [0.15, 0.2) is 41.0 Å². The fraction of sp³-hybridized carbons (Fsp3) is 0.235. The highest BCUT2D eigenvalue weighted by molar-refractivity contribution is 8.00. The smallest absolute Gasteiger partial charge is 0.176 e. The summed E-state index contributed by atoms with van der Waals surface area (Å²) in [5.74, 6) is 0.146. The van der Waals surface area contributed by atoms with Crippen molar-refractivity contribution < 1.29 is 4.79 Å². The number of ketones is 1. The van der Waals surface area contributed by atoms with E-state index in [1.807, 2.05) is 50.4 Å². The molecule has 0 N–H and O–H groups in total. The predicted octanol–water partition coefficient (Wildman–Crippen LogP) is 4.67. The molecule has 1 atom stereocenters. The van der Waals surface area contributed by atoms with Crippen LogP contribution in [0.4, 0.5) is 0 Å². The second-order valence-corrected chi connectivity index (χ2v) is 7.49. The van der Waals surface area contributed by atoms with Crippen molar-refractivity contribution in [2.24, 2.45) is 0 Å². The average molecular weight is 328 g/mol. The van der Waals surface area contributed by atoms with Gasteiger partial charge in [0.15, 0.2) is 5.78 Å². The summed E-state index contributed by atoms with van der Waals surface area (Å²) in [5, 5.41) is 3.72. The molecule has 5 heteroatoms. The van der Waals surface area contributed by atoms with E-state index in [0.717, 1.165) is 31.9 Å². The molecule has 2 aromatic heterocycles. The van der Waals surface area contributed by atoms with Crippen LogP contribution in [0.25, 0.3) is 10.2 Å². The molecule has 0 radical (unpaired) electrons.